The number of Topliss-reactive ketones (excluding diaryl/α,β-unsaturated/α-hetero) is 1. The lowest BCUT2D eigenvalue weighted by Crippen LogP contribution is -2.52. The van der Waals surface area contributed by atoms with Crippen molar-refractivity contribution in [1.29, 1.82) is 0 Å². The van der Waals surface area contributed by atoms with Crippen LogP contribution in [-0.2, 0) is 9.59 Å². The van der Waals surface area contributed by atoms with E-state index in [2.05, 4.69) is 31.9 Å². The molecular formula is C30H22Br2Cl2N2O6. The van der Waals surface area contributed by atoms with Crippen LogP contribution in [0, 0.1) is 11.8 Å². The van der Waals surface area contributed by atoms with Gasteiger partial charge in [0, 0.05) is 20.8 Å². The molecule has 1 aliphatic heterocycles. The molecule has 1 aliphatic carbocycles. The average molecular weight is 737 g/mol. The summed E-state index contributed by atoms with van der Waals surface area (Å²) in [5.41, 5.74) is 0.596. The molecule has 0 spiro atoms. The van der Waals surface area contributed by atoms with Crippen LogP contribution in [0.15, 0.2) is 72.8 Å². The van der Waals surface area contributed by atoms with Crippen molar-refractivity contribution < 1.29 is 28.7 Å². The summed E-state index contributed by atoms with van der Waals surface area (Å²) in [4.78, 5) is 66.6. The molecule has 0 aromatic heterocycles. The molecule has 0 N–H and O–H groups in total. The number of nitrogens with zero attached hydrogens (tertiary/aromatic N) is 2. The molecule has 0 unspecified atom stereocenters. The van der Waals surface area contributed by atoms with Crippen molar-refractivity contribution in [2.24, 2.45) is 11.8 Å². The number of rotatable bonds is 7. The minimum Gasteiger partial charge on any atom is -0.423 e. The van der Waals surface area contributed by atoms with Gasteiger partial charge in [0.05, 0.1) is 27.4 Å². The lowest BCUT2D eigenvalue weighted by molar-refractivity contribution is -0.154. The SMILES string of the molecule is O=C(CN(C(=O)c1ccc(Cl)c(Cl)c1)N1C(=O)[C@H]2C[C@@H](Br)[C@@H](Br)C[C@H]2C1=O)c1ccc(OC(=O)c2ccccc2)cc1. The van der Waals surface area contributed by atoms with Gasteiger partial charge in [-0.25, -0.2) is 9.80 Å². The number of hydrazine groups is 1. The molecule has 8 nitrogen and oxygen atoms in total. The zero-order valence-electron chi connectivity index (χ0n) is 21.7. The Morgan fingerprint density at radius 1 is 0.786 bits per heavy atom. The summed E-state index contributed by atoms with van der Waals surface area (Å²) in [5, 5.41) is 2.00. The van der Waals surface area contributed by atoms with Gasteiger partial charge in [0.25, 0.3) is 17.7 Å². The van der Waals surface area contributed by atoms with Crippen LogP contribution in [-0.4, -0.2) is 55.7 Å². The van der Waals surface area contributed by atoms with Gasteiger partial charge >= 0.3 is 5.97 Å². The lowest BCUT2D eigenvalue weighted by atomic mass is 9.81. The first-order valence-corrected chi connectivity index (χ1v) is 15.5. The van der Waals surface area contributed by atoms with Crippen LogP contribution in [0.2, 0.25) is 10.0 Å². The molecule has 42 heavy (non-hydrogen) atoms. The molecule has 2 aliphatic rings. The van der Waals surface area contributed by atoms with E-state index < -0.39 is 47.9 Å². The number of esters is 1. The van der Waals surface area contributed by atoms with E-state index in [0.717, 1.165) is 10.0 Å². The van der Waals surface area contributed by atoms with E-state index in [1.165, 1.54) is 42.5 Å². The summed E-state index contributed by atoms with van der Waals surface area (Å²) in [6.07, 6.45) is 0.793. The lowest BCUT2D eigenvalue weighted by Gasteiger charge is -2.30. The molecular weight excluding hydrogens is 715 g/mol. The van der Waals surface area contributed by atoms with Crippen molar-refractivity contribution in [3.8, 4) is 5.75 Å². The number of hydrogen-bond acceptors (Lipinski definition) is 6. The van der Waals surface area contributed by atoms with Crippen molar-refractivity contribution >= 4 is 84.5 Å². The van der Waals surface area contributed by atoms with Crippen LogP contribution in [0.4, 0.5) is 0 Å². The summed E-state index contributed by atoms with van der Waals surface area (Å²) < 4.78 is 5.37. The molecule has 0 radical (unpaired) electrons. The van der Waals surface area contributed by atoms with Gasteiger partial charge in [-0.15, -0.1) is 0 Å². The molecule has 4 atom stereocenters. The van der Waals surface area contributed by atoms with Gasteiger partial charge in [0.1, 0.15) is 12.3 Å². The van der Waals surface area contributed by atoms with Crippen molar-refractivity contribution in [1.82, 2.24) is 10.0 Å². The number of amides is 3. The Morgan fingerprint density at radius 2 is 1.36 bits per heavy atom. The molecule has 5 rings (SSSR count). The van der Waals surface area contributed by atoms with Crippen LogP contribution in [0.25, 0.3) is 0 Å². The maximum Gasteiger partial charge on any atom is 0.343 e. The number of benzene rings is 3. The van der Waals surface area contributed by atoms with Gasteiger partial charge in [0.15, 0.2) is 5.78 Å². The number of ketones is 1. The summed E-state index contributed by atoms with van der Waals surface area (Å²) >= 11 is 19.3. The van der Waals surface area contributed by atoms with E-state index in [0.29, 0.717) is 18.4 Å². The molecule has 3 aromatic carbocycles. The second-order valence-corrected chi connectivity index (χ2v) is 13.1. The van der Waals surface area contributed by atoms with E-state index in [1.54, 1.807) is 30.3 Å². The van der Waals surface area contributed by atoms with Gasteiger partial charge < -0.3 is 4.74 Å². The van der Waals surface area contributed by atoms with Crippen LogP contribution in [0.5, 0.6) is 5.75 Å². The third kappa shape index (κ3) is 6.17. The highest BCUT2D eigenvalue weighted by atomic mass is 79.9. The van der Waals surface area contributed by atoms with E-state index in [1.807, 2.05) is 0 Å². The minimum atomic E-state index is -0.763. The fourth-order valence-electron chi connectivity index (χ4n) is 5.00. The molecule has 1 saturated carbocycles. The third-order valence-electron chi connectivity index (χ3n) is 7.22. The maximum atomic E-state index is 13.7. The smallest absolute Gasteiger partial charge is 0.343 e. The Balaban J connectivity index is 1.40. The number of hydrogen-bond donors (Lipinski definition) is 0. The first-order chi connectivity index (χ1) is 20.0. The zero-order valence-corrected chi connectivity index (χ0v) is 26.4. The van der Waals surface area contributed by atoms with Crippen LogP contribution >= 0.6 is 55.1 Å². The molecule has 12 heteroatoms. The first kappa shape index (κ1) is 30.4. The number of ether oxygens (including phenoxy) is 1. The van der Waals surface area contributed by atoms with E-state index in [9.17, 15) is 24.0 Å². The normalized spacial score (nSPS) is 21.6. The summed E-state index contributed by atoms with van der Waals surface area (Å²) in [6, 6.07) is 18.4. The van der Waals surface area contributed by atoms with Crippen LogP contribution in [0.1, 0.15) is 43.9 Å². The van der Waals surface area contributed by atoms with Crippen LogP contribution < -0.4 is 4.74 Å². The zero-order chi connectivity index (χ0) is 30.1. The van der Waals surface area contributed by atoms with Gasteiger partial charge in [-0.2, -0.15) is 5.01 Å². The summed E-state index contributed by atoms with van der Waals surface area (Å²) in [6.45, 7) is -0.603. The molecule has 3 amide bonds. The molecule has 216 valence electrons. The van der Waals surface area contributed by atoms with Crippen molar-refractivity contribution in [3.63, 3.8) is 0 Å². The molecule has 0 bridgehead atoms. The van der Waals surface area contributed by atoms with Gasteiger partial charge in [-0.3, -0.25) is 19.2 Å². The molecule has 3 aromatic rings. The number of halogens is 4. The monoisotopic (exact) mass is 734 g/mol. The predicted octanol–water partition coefficient (Wildman–Crippen LogP) is 6.37. The van der Waals surface area contributed by atoms with Crippen molar-refractivity contribution in [2.75, 3.05) is 6.54 Å². The van der Waals surface area contributed by atoms with Gasteiger partial charge in [-0.1, -0.05) is 73.3 Å². The van der Waals surface area contributed by atoms with Gasteiger partial charge in [-0.05, 0) is 67.4 Å². The van der Waals surface area contributed by atoms with E-state index >= 15 is 0 Å². The highest BCUT2D eigenvalue weighted by Gasteiger charge is 2.54. The number of imide groups is 1. The Morgan fingerprint density at radius 3 is 1.93 bits per heavy atom. The van der Waals surface area contributed by atoms with E-state index in [-0.39, 0.29) is 36.6 Å². The maximum absolute atomic E-state index is 13.7. The number of carbonyl (C=O) groups is 5. The minimum absolute atomic E-state index is 0.0363. The summed E-state index contributed by atoms with van der Waals surface area (Å²) in [7, 11) is 0. The van der Waals surface area contributed by atoms with Crippen molar-refractivity contribution in [3.05, 3.63) is 99.5 Å². The Kier molecular flexibility index (Phi) is 9.17. The summed E-state index contributed by atoms with van der Waals surface area (Å²) in [5.74, 6) is -4.00. The van der Waals surface area contributed by atoms with Gasteiger partial charge in [0.2, 0.25) is 0 Å². The third-order valence-corrected chi connectivity index (χ3v) is 10.7. The van der Waals surface area contributed by atoms with Crippen molar-refractivity contribution in [2.45, 2.75) is 22.5 Å². The standard InChI is InChI=1S/C30H22Br2Cl2N2O6/c31-22-13-20-21(14-23(22)32)29(40)36(28(20)39)35(27(38)18-8-11-24(33)25(34)12-18)15-26(37)16-6-9-19(10-7-16)42-30(41)17-4-2-1-3-5-17/h1-12,20-23H,13-15H2/t20-,21+,22+,23-. The second-order valence-electron chi connectivity index (χ2n) is 9.90. The Labute approximate surface area is 268 Å². The number of fused-ring (bicyclic) bond motifs is 1. The molecule has 2 fully saturated rings. The Bertz CT molecular complexity index is 1540. The van der Waals surface area contributed by atoms with Crippen LogP contribution in [0.3, 0.4) is 0 Å². The highest BCUT2D eigenvalue weighted by molar-refractivity contribution is 9.12. The first-order valence-electron chi connectivity index (χ1n) is 12.9. The number of carbonyl (C=O) groups excluding carboxylic acids is 5. The highest BCUT2D eigenvalue weighted by Crippen LogP contribution is 2.43. The number of alkyl halides is 2. The fourth-order valence-corrected chi connectivity index (χ4v) is 6.54. The average Bonchev–Trinajstić information content (AvgIpc) is 3.22. The largest absolute Gasteiger partial charge is 0.423 e. The second kappa shape index (κ2) is 12.7. The molecule has 1 saturated heterocycles. The predicted molar refractivity (Wildman–Crippen MR) is 163 cm³/mol. The fraction of sp³-hybridized carbons (Fsp3) is 0.233. The quantitative estimate of drug-likeness (QED) is 0.0919. The topological polar surface area (TPSA) is 101 Å². The molecule has 1 heterocycles. The van der Waals surface area contributed by atoms with E-state index in [4.69, 9.17) is 27.9 Å². The Hall–Kier alpha value is -3.05.